The normalized spacial score (nSPS) is 10.9. The molecule has 7 nitrogen and oxygen atoms in total. The third kappa shape index (κ3) is 5.10. The highest BCUT2D eigenvalue weighted by atomic mass is 16.5. The summed E-state index contributed by atoms with van der Waals surface area (Å²) in [5.41, 5.74) is 7.87. The monoisotopic (exact) mass is 440 g/mol. The summed E-state index contributed by atoms with van der Waals surface area (Å²) in [5.74, 6) is 1.71. The Hall–Kier alpha value is -4.39. The lowest BCUT2D eigenvalue weighted by Gasteiger charge is -2.11. The Labute approximate surface area is 192 Å². The second kappa shape index (κ2) is 9.82. The maximum atomic E-state index is 9.94. The molecule has 0 aliphatic heterocycles. The van der Waals surface area contributed by atoms with Crippen LogP contribution in [0.15, 0.2) is 77.9 Å². The van der Waals surface area contributed by atoms with Crippen molar-refractivity contribution in [2.24, 2.45) is 5.10 Å². The number of rotatable bonds is 7. The topological polar surface area (TPSA) is 88.9 Å². The van der Waals surface area contributed by atoms with E-state index in [1.807, 2.05) is 61.5 Å². The first-order chi connectivity index (χ1) is 16.1. The number of methoxy groups -OCH3 is 2. The molecule has 0 unspecified atom stereocenters. The van der Waals surface area contributed by atoms with E-state index in [-0.39, 0.29) is 5.75 Å². The van der Waals surface area contributed by atoms with Gasteiger partial charge in [-0.25, -0.2) is 15.4 Å². The van der Waals surface area contributed by atoms with Gasteiger partial charge in [-0.05, 0) is 43.3 Å². The van der Waals surface area contributed by atoms with Crippen LogP contribution in [0.3, 0.4) is 0 Å². The summed E-state index contributed by atoms with van der Waals surface area (Å²) in [5, 5.41) is 14.1. The molecule has 166 valence electrons. The zero-order valence-corrected chi connectivity index (χ0v) is 18.6. The summed E-state index contributed by atoms with van der Waals surface area (Å²) in [6.07, 6.45) is 1.52. The molecule has 1 heterocycles. The van der Waals surface area contributed by atoms with Crippen molar-refractivity contribution in [1.29, 1.82) is 0 Å². The number of aromatic nitrogens is 2. The smallest absolute Gasteiger partial charge is 0.244 e. The van der Waals surface area contributed by atoms with Gasteiger partial charge in [0.1, 0.15) is 5.75 Å². The van der Waals surface area contributed by atoms with Crippen LogP contribution >= 0.6 is 0 Å². The van der Waals surface area contributed by atoms with Crippen LogP contribution in [0, 0.1) is 6.92 Å². The average Bonchev–Trinajstić information content (AvgIpc) is 2.85. The van der Waals surface area contributed by atoms with Gasteiger partial charge in [0.05, 0.1) is 31.8 Å². The van der Waals surface area contributed by atoms with Gasteiger partial charge in [0.2, 0.25) is 5.95 Å². The minimum atomic E-state index is 0.142. The lowest BCUT2D eigenvalue weighted by molar-refractivity contribution is 0.355. The number of phenols is 1. The molecule has 0 aliphatic rings. The van der Waals surface area contributed by atoms with Gasteiger partial charge >= 0.3 is 0 Å². The fourth-order valence-electron chi connectivity index (χ4n) is 3.27. The largest absolute Gasteiger partial charge is 0.507 e. The average molecular weight is 441 g/mol. The molecule has 0 bridgehead atoms. The van der Waals surface area contributed by atoms with Crippen LogP contribution in [0.1, 0.15) is 11.1 Å². The number of anilines is 1. The standard InChI is InChI=1S/C26H24N4O3/c1-17-8-10-18(11-9-17)21-15-22(19-12-13-24(32-2)25(14-19)33-3)29-26(28-21)30-27-16-20-6-4-5-7-23(20)31/h4-16,31H,1-3H3,(H,28,29,30). The van der Waals surface area contributed by atoms with Gasteiger partial charge < -0.3 is 14.6 Å². The molecule has 0 spiro atoms. The lowest BCUT2D eigenvalue weighted by atomic mass is 10.1. The first-order valence-corrected chi connectivity index (χ1v) is 10.3. The Kier molecular flexibility index (Phi) is 6.50. The number of hydrazone groups is 1. The molecule has 0 radical (unpaired) electrons. The summed E-state index contributed by atoms with van der Waals surface area (Å²) in [4.78, 5) is 9.27. The Bertz CT molecular complexity index is 1290. The third-order valence-electron chi connectivity index (χ3n) is 5.06. The fraction of sp³-hybridized carbons (Fsp3) is 0.115. The summed E-state index contributed by atoms with van der Waals surface area (Å²) in [7, 11) is 3.20. The number of hydrogen-bond acceptors (Lipinski definition) is 7. The predicted octanol–water partition coefficient (Wildman–Crippen LogP) is 5.29. The van der Waals surface area contributed by atoms with Gasteiger partial charge in [-0.1, -0.05) is 42.0 Å². The minimum absolute atomic E-state index is 0.142. The van der Waals surface area contributed by atoms with E-state index in [1.54, 1.807) is 32.4 Å². The Morgan fingerprint density at radius 3 is 2.18 bits per heavy atom. The molecule has 2 N–H and O–H groups in total. The number of nitrogens with zero attached hydrogens (tertiary/aromatic N) is 3. The number of benzene rings is 3. The van der Waals surface area contributed by atoms with Gasteiger partial charge in [0.15, 0.2) is 11.5 Å². The summed E-state index contributed by atoms with van der Waals surface area (Å²) in [6, 6.07) is 22.6. The highest BCUT2D eigenvalue weighted by Crippen LogP contribution is 2.33. The highest BCUT2D eigenvalue weighted by Gasteiger charge is 2.12. The van der Waals surface area contributed by atoms with Crippen molar-refractivity contribution in [3.05, 3.63) is 83.9 Å². The Morgan fingerprint density at radius 1 is 0.818 bits per heavy atom. The molecule has 0 aliphatic carbocycles. The van der Waals surface area contributed by atoms with Gasteiger partial charge in [0, 0.05) is 16.7 Å². The van der Waals surface area contributed by atoms with Crippen molar-refractivity contribution in [2.45, 2.75) is 6.92 Å². The van der Waals surface area contributed by atoms with E-state index in [1.165, 1.54) is 11.8 Å². The van der Waals surface area contributed by atoms with E-state index in [2.05, 4.69) is 20.5 Å². The Morgan fingerprint density at radius 2 is 1.48 bits per heavy atom. The van der Waals surface area contributed by atoms with Crippen LogP contribution in [0.2, 0.25) is 0 Å². The van der Waals surface area contributed by atoms with Crippen molar-refractivity contribution in [3.8, 4) is 39.8 Å². The lowest BCUT2D eigenvalue weighted by Crippen LogP contribution is -2.01. The molecule has 0 saturated carbocycles. The van der Waals surface area contributed by atoms with Crippen LogP contribution in [0.25, 0.3) is 22.5 Å². The van der Waals surface area contributed by atoms with Crippen molar-refractivity contribution >= 4 is 12.2 Å². The molecule has 4 rings (SSSR count). The van der Waals surface area contributed by atoms with Crippen molar-refractivity contribution < 1.29 is 14.6 Å². The third-order valence-corrected chi connectivity index (χ3v) is 5.06. The SMILES string of the molecule is COc1ccc(-c2cc(-c3ccc(C)cc3)nc(NN=Cc3ccccc3O)n2)cc1OC. The van der Waals surface area contributed by atoms with Gasteiger partial charge in [-0.3, -0.25) is 0 Å². The van der Waals surface area contributed by atoms with Gasteiger partial charge in [-0.2, -0.15) is 5.10 Å². The van der Waals surface area contributed by atoms with E-state index in [4.69, 9.17) is 9.47 Å². The number of nitrogens with one attached hydrogen (secondary N) is 1. The van der Waals surface area contributed by atoms with Crippen LogP contribution in [-0.4, -0.2) is 35.5 Å². The molecule has 1 aromatic heterocycles. The minimum Gasteiger partial charge on any atom is -0.507 e. The molecule has 0 amide bonds. The van der Waals surface area contributed by atoms with Crippen LogP contribution in [0.5, 0.6) is 17.2 Å². The number of para-hydroxylation sites is 1. The van der Waals surface area contributed by atoms with Crippen LogP contribution in [0.4, 0.5) is 5.95 Å². The highest BCUT2D eigenvalue weighted by molar-refractivity contribution is 5.83. The molecule has 33 heavy (non-hydrogen) atoms. The van der Waals surface area contributed by atoms with E-state index >= 15 is 0 Å². The van der Waals surface area contributed by atoms with E-state index in [9.17, 15) is 5.11 Å². The molecule has 0 saturated heterocycles. The predicted molar refractivity (Wildman–Crippen MR) is 130 cm³/mol. The quantitative estimate of drug-likeness (QED) is 0.300. The van der Waals surface area contributed by atoms with Crippen molar-refractivity contribution in [3.63, 3.8) is 0 Å². The second-order valence-corrected chi connectivity index (χ2v) is 7.33. The van der Waals surface area contributed by atoms with Gasteiger partial charge in [-0.15, -0.1) is 0 Å². The maximum absolute atomic E-state index is 9.94. The maximum Gasteiger partial charge on any atom is 0.244 e. The fourth-order valence-corrected chi connectivity index (χ4v) is 3.27. The van der Waals surface area contributed by atoms with E-state index < -0.39 is 0 Å². The number of aryl methyl sites for hydroxylation is 1. The van der Waals surface area contributed by atoms with E-state index in [0.29, 0.717) is 28.7 Å². The van der Waals surface area contributed by atoms with E-state index in [0.717, 1.165) is 16.8 Å². The summed E-state index contributed by atoms with van der Waals surface area (Å²) >= 11 is 0. The first kappa shape index (κ1) is 21.8. The zero-order valence-electron chi connectivity index (χ0n) is 18.6. The molecular weight excluding hydrogens is 416 g/mol. The zero-order chi connectivity index (χ0) is 23.2. The molecule has 7 heteroatoms. The number of aromatic hydroxyl groups is 1. The summed E-state index contributed by atoms with van der Waals surface area (Å²) < 4.78 is 10.8. The number of ether oxygens (including phenoxy) is 2. The van der Waals surface area contributed by atoms with Crippen LogP contribution < -0.4 is 14.9 Å². The molecular formula is C26H24N4O3. The number of hydrogen-bond donors (Lipinski definition) is 2. The van der Waals surface area contributed by atoms with Crippen molar-refractivity contribution in [1.82, 2.24) is 9.97 Å². The first-order valence-electron chi connectivity index (χ1n) is 10.3. The number of phenolic OH excluding ortho intramolecular Hbond substituents is 1. The second-order valence-electron chi connectivity index (χ2n) is 7.33. The van der Waals surface area contributed by atoms with Crippen molar-refractivity contribution in [2.75, 3.05) is 19.6 Å². The molecule has 3 aromatic carbocycles. The van der Waals surface area contributed by atoms with Gasteiger partial charge in [0.25, 0.3) is 0 Å². The molecule has 0 fully saturated rings. The Balaban J connectivity index is 1.74. The van der Waals surface area contributed by atoms with Crippen LogP contribution in [-0.2, 0) is 0 Å². The molecule has 4 aromatic rings. The molecule has 0 atom stereocenters. The summed E-state index contributed by atoms with van der Waals surface area (Å²) in [6.45, 7) is 2.04.